The van der Waals surface area contributed by atoms with Crippen molar-refractivity contribution in [3.63, 3.8) is 0 Å². The summed E-state index contributed by atoms with van der Waals surface area (Å²) in [7, 11) is -0.651. The van der Waals surface area contributed by atoms with Gasteiger partial charge < -0.3 is 0 Å². The van der Waals surface area contributed by atoms with Crippen LogP contribution in [0.15, 0.2) is 12.2 Å². The molecule has 0 heterocycles. The van der Waals surface area contributed by atoms with Crippen molar-refractivity contribution in [3.8, 4) is 0 Å². The summed E-state index contributed by atoms with van der Waals surface area (Å²) in [5.74, 6) is 1.53. The zero-order valence-electron chi connectivity index (χ0n) is 7.56. The van der Waals surface area contributed by atoms with Crippen LogP contribution in [0.1, 0.15) is 33.1 Å². The summed E-state index contributed by atoms with van der Waals surface area (Å²) in [6, 6.07) is 0. The molecule has 0 saturated carbocycles. The van der Waals surface area contributed by atoms with Crippen LogP contribution in [0.2, 0.25) is 0 Å². The Morgan fingerprint density at radius 3 is 2.55 bits per heavy atom. The molecule has 0 bridgehead atoms. The Balaban J connectivity index is 3.30. The lowest BCUT2D eigenvalue weighted by Gasteiger charge is -1.99. The molecule has 0 spiro atoms. The van der Waals surface area contributed by atoms with Crippen LogP contribution in [0.3, 0.4) is 0 Å². The number of hydrogen-bond acceptors (Lipinski definition) is 1. The fourth-order valence-electron chi connectivity index (χ4n) is 0.860. The van der Waals surface area contributed by atoms with Gasteiger partial charge in [0.25, 0.3) is 0 Å². The quantitative estimate of drug-likeness (QED) is 0.446. The van der Waals surface area contributed by atoms with Crippen LogP contribution in [0, 0.1) is 0 Å². The normalized spacial score (nSPS) is 12.9. The van der Waals surface area contributed by atoms with Crippen LogP contribution in [0.4, 0.5) is 0 Å². The van der Waals surface area contributed by atoms with Gasteiger partial charge in [-0.05, 0) is 13.3 Å². The monoisotopic (exact) mass is 174 g/mol. The second kappa shape index (κ2) is 6.59. The molecule has 0 rings (SSSR count). The molecular weight excluding hydrogens is 156 g/mol. The number of unbranched alkanes of at least 4 members (excludes halogenated alkanes) is 2. The Labute approximate surface area is 72.3 Å². The number of rotatable bonds is 6. The van der Waals surface area contributed by atoms with Gasteiger partial charge in [-0.2, -0.15) is 0 Å². The van der Waals surface area contributed by atoms with Gasteiger partial charge in [0.1, 0.15) is 0 Å². The predicted molar refractivity (Wildman–Crippen MR) is 52.2 cm³/mol. The molecule has 0 aromatic rings. The average molecular weight is 174 g/mol. The van der Waals surface area contributed by atoms with Gasteiger partial charge in [0.2, 0.25) is 0 Å². The molecule has 2 heteroatoms. The van der Waals surface area contributed by atoms with Crippen molar-refractivity contribution in [1.82, 2.24) is 0 Å². The van der Waals surface area contributed by atoms with Gasteiger partial charge in [-0.15, -0.1) is 0 Å². The molecular formula is C9H18OS. The molecule has 0 aliphatic carbocycles. The lowest BCUT2D eigenvalue weighted by molar-refractivity contribution is 0.677. The molecule has 0 aliphatic heterocycles. The van der Waals surface area contributed by atoms with E-state index < -0.39 is 10.8 Å². The second-order valence-corrected chi connectivity index (χ2v) is 4.53. The molecule has 0 saturated heterocycles. The first-order valence-electron chi connectivity index (χ1n) is 4.16. The Kier molecular flexibility index (Phi) is 6.52. The minimum atomic E-state index is -0.651. The maximum absolute atomic E-state index is 11.2. The van der Waals surface area contributed by atoms with Gasteiger partial charge in [0.15, 0.2) is 0 Å². The third-order valence-corrected chi connectivity index (χ3v) is 2.94. The zero-order chi connectivity index (χ0) is 8.69. The maximum atomic E-state index is 11.2. The van der Waals surface area contributed by atoms with E-state index in [0.29, 0.717) is 5.75 Å². The first-order chi connectivity index (χ1) is 5.16. The van der Waals surface area contributed by atoms with E-state index in [1.54, 1.807) is 0 Å². The topological polar surface area (TPSA) is 17.1 Å². The third kappa shape index (κ3) is 7.79. The highest BCUT2D eigenvalue weighted by atomic mass is 32.2. The van der Waals surface area contributed by atoms with Gasteiger partial charge in [0.05, 0.1) is 0 Å². The molecule has 11 heavy (non-hydrogen) atoms. The highest BCUT2D eigenvalue weighted by molar-refractivity contribution is 7.85. The first-order valence-corrected chi connectivity index (χ1v) is 5.65. The van der Waals surface area contributed by atoms with E-state index in [1.165, 1.54) is 12.8 Å². The summed E-state index contributed by atoms with van der Waals surface area (Å²) in [5, 5.41) is 0. The highest BCUT2D eigenvalue weighted by Crippen LogP contribution is 1.99. The Morgan fingerprint density at radius 2 is 2.09 bits per heavy atom. The van der Waals surface area contributed by atoms with E-state index in [2.05, 4.69) is 13.5 Å². The van der Waals surface area contributed by atoms with Gasteiger partial charge in [0, 0.05) is 22.3 Å². The van der Waals surface area contributed by atoms with Crippen molar-refractivity contribution >= 4 is 10.8 Å². The fraction of sp³-hybridized carbons (Fsp3) is 0.778. The lowest BCUT2D eigenvalue weighted by Crippen LogP contribution is -2.02. The molecule has 0 aliphatic rings. The lowest BCUT2D eigenvalue weighted by atomic mass is 10.3. The molecule has 0 amide bonds. The SMILES string of the molecule is C=C(C)CS(=O)CCCCC. The van der Waals surface area contributed by atoms with E-state index >= 15 is 0 Å². The van der Waals surface area contributed by atoms with E-state index in [0.717, 1.165) is 17.7 Å². The minimum absolute atomic E-state index is 0.651. The van der Waals surface area contributed by atoms with Crippen LogP contribution < -0.4 is 0 Å². The first kappa shape index (κ1) is 10.9. The largest absolute Gasteiger partial charge is 0.259 e. The van der Waals surface area contributed by atoms with E-state index in [4.69, 9.17) is 0 Å². The second-order valence-electron chi connectivity index (χ2n) is 2.95. The predicted octanol–water partition coefficient (Wildman–Crippen LogP) is 2.50. The molecule has 0 aromatic carbocycles. The summed E-state index contributed by atoms with van der Waals surface area (Å²) in [4.78, 5) is 0. The van der Waals surface area contributed by atoms with E-state index in [1.807, 2.05) is 6.92 Å². The summed E-state index contributed by atoms with van der Waals surface area (Å²) in [6.07, 6.45) is 3.49. The van der Waals surface area contributed by atoms with Crippen molar-refractivity contribution in [2.75, 3.05) is 11.5 Å². The van der Waals surface area contributed by atoms with Gasteiger partial charge in [-0.1, -0.05) is 31.9 Å². The summed E-state index contributed by atoms with van der Waals surface area (Å²) in [5.41, 5.74) is 1.03. The Bertz CT molecular complexity index is 140. The molecule has 1 nitrogen and oxygen atoms in total. The van der Waals surface area contributed by atoms with Crippen LogP contribution in [-0.4, -0.2) is 15.7 Å². The van der Waals surface area contributed by atoms with Crippen LogP contribution >= 0.6 is 0 Å². The van der Waals surface area contributed by atoms with Gasteiger partial charge in [-0.25, -0.2) is 0 Å². The standard InChI is InChI=1S/C9H18OS/c1-4-5-6-7-11(10)8-9(2)3/h2,4-8H2,1,3H3. The van der Waals surface area contributed by atoms with Crippen molar-refractivity contribution in [1.29, 1.82) is 0 Å². The van der Waals surface area contributed by atoms with E-state index in [-0.39, 0.29) is 0 Å². The third-order valence-electron chi connectivity index (χ3n) is 1.38. The minimum Gasteiger partial charge on any atom is -0.259 e. The molecule has 1 atom stereocenters. The Morgan fingerprint density at radius 1 is 1.45 bits per heavy atom. The van der Waals surface area contributed by atoms with Crippen molar-refractivity contribution in [3.05, 3.63) is 12.2 Å². The summed E-state index contributed by atoms with van der Waals surface area (Å²) in [6.45, 7) is 7.81. The molecule has 66 valence electrons. The average Bonchev–Trinajstić information content (AvgIpc) is 1.86. The molecule has 0 N–H and O–H groups in total. The van der Waals surface area contributed by atoms with Crippen LogP contribution in [0.25, 0.3) is 0 Å². The fourth-order valence-corrected chi connectivity index (χ4v) is 2.08. The summed E-state index contributed by atoms with van der Waals surface area (Å²) >= 11 is 0. The van der Waals surface area contributed by atoms with Crippen molar-refractivity contribution < 1.29 is 4.21 Å². The van der Waals surface area contributed by atoms with Crippen molar-refractivity contribution in [2.45, 2.75) is 33.1 Å². The molecule has 0 aromatic heterocycles. The zero-order valence-corrected chi connectivity index (χ0v) is 8.38. The smallest absolute Gasteiger partial charge is 0.0439 e. The molecule has 0 radical (unpaired) electrons. The van der Waals surface area contributed by atoms with Crippen LogP contribution in [0.5, 0.6) is 0 Å². The summed E-state index contributed by atoms with van der Waals surface area (Å²) < 4.78 is 11.2. The Hall–Kier alpha value is -0.110. The van der Waals surface area contributed by atoms with Gasteiger partial charge >= 0.3 is 0 Å². The number of hydrogen-bond donors (Lipinski definition) is 0. The molecule has 1 unspecified atom stereocenters. The van der Waals surface area contributed by atoms with Crippen molar-refractivity contribution in [2.24, 2.45) is 0 Å². The van der Waals surface area contributed by atoms with Crippen LogP contribution in [-0.2, 0) is 10.8 Å². The highest BCUT2D eigenvalue weighted by Gasteiger charge is 1.98. The van der Waals surface area contributed by atoms with Gasteiger partial charge in [-0.3, -0.25) is 4.21 Å². The van der Waals surface area contributed by atoms with E-state index in [9.17, 15) is 4.21 Å². The molecule has 0 fully saturated rings. The maximum Gasteiger partial charge on any atom is 0.0439 e.